The molecule has 0 saturated heterocycles. The number of hydrogen-bond donors (Lipinski definition) is 1. The van der Waals surface area contributed by atoms with E-state index in [0.717, 1.165) is 12.2 Å². The Kier molecular flexibility index (Phi) is 3.02. The summed E-state index contributed by atoms with van der Waals surface area (Å²) in [6.07, 6.45) is 4.20. The predicted octanol–water partition coefficient (Wildman–Crippen LogP) is 2.55. The fourth-order valence-corrected chi connectivity index (χ4v) is 2.16. The van der Waals surface area contributed by atoms with Crippen molar-refractivity contribution in [1.82, 2.24) is 9.97 Å². The minimum Gasteiger partial charge on any atom is -0.488 e. The highest BCUT2D eigenvalue weighted by atomic mass is 35.5. The number of nitrogens with one attached hydrogen (secondary N) is 1. The second-order valence-electron chi connectivity index (χ2n) is 4.16. The molecular formula is C13H12ClN3O. The van der Waals surface area contributed by atoms with Gasteiger partial charge in [-0.2, -0.15) is 0 Å². The van der Waals surface area contributed by atoms with Crippen LogP contribution in [0.4, 0.5) is 5.82 Å². The van der Waals surface area contributed by atoms with Gasteiger partial charge in [0.2, 0.25) is 0 Å². The fraction of sp³-hybridized carbons (Fsp3) is 0.231. The summed E-state index contributed by atoms with van der Waals surface area (Å²) < 4.78 is 5.82. The molecule has 1 atom stereocenters. The first-order valence-electron chi connectivity index (χ1n) is 5.77. The van der Waals surface area contributed by atoms with Crippen LogP contribution in [0.5, 0.6) is 5.75 Å². The third-order valence-corrected chi connectivity index (χ3v) is 3.01. The zero-order chi connectivity index (χ0) is 12.4. The number of hydrogen-bond acceptors (Lipinski definition) is 4. The second-order valence-corrected chi connectivity index (χ2v) is 4.55. The van der Waals surface area contributed by atoms with Crippen LogP contribution in [0.2, 0.25) is 5.15 Å². The van der Waals surface area contributed by atoms with Gasteiger partial charge in [0.15, 0.2) is 0 Å². The van der Waals surface area contributed by atoms with E-state index in [9.17, 15) is 0 Å². The number of rotatable bonds is 3. The molecule has 18 heavy (non-hydrogen) atoms. The van der Waals surface area contributed by atoms with Crippen molar-refractivity contribution < 1.29 is 4.74 Å². The molecule has 0 amide bonds. The van der Waals surface area contributed by atoms with Gasteiger partial charge in [0.1, 0.15) is 22.8 Å². The molecule has 1 aliphatic heterocycles. The van der Waals surface area contributed by atoms with Gasteiger partial charge in [-0.3, -0.25) is 4.98 Å². The number of para-hydroxylation sites is 1. The molecule has 1 N–H and O–H groups in total. The van der Waals surface area contributed by atoms with Crippen molar-refractivity contribution in [2.24, 2.45) is 0 Å². The molecule has 0 saturated carbocycles. The summed E-state index contributed by atoms with van der Waals surface area (Å²) in [4.78, 5) is 8.09. The monoisotopic (exact) mass is 261 g/mol. The van der Waals surface area contributed by atoms with Crippen LogP contribution in [0.25, 0.3) is 0 Å². The van der Waals surface area contributed by atoms with Gasteiger partial charge in [0.25, 0.3) is 0 Å². The van der Waals surface area contributed by atoms with E-state index in [2.05, 4.69) is 21.4 Å². The normalized spacial score (nSPS) is 17.1. The van der Waals surface area contributed by atoms with Crippen LogP contribution in [0.15, 0.2) is 36.7 Å². The van der Waals surface area contributed by atoms with E-state index in [-0.39, 0.29) is 6.10 Å². The fourth-order valence-electron chi connectivity index (χ4n) is 2.01. The lowest BCUT2D eigenvalue weighted by Gasteiger charge is -2.12. The lowest BCUT2D eigenvalue weighted by atomic mass is 10.1. The van der Waals surface area contributed by atoms with E-state index >= 15 is 0 Å². The SMILES string of the molecule is Clc1cncc(NCC2Cc3ccccc3O2)n1. The molecule has 0 spiro atoms. The summed E-state index contributed by atoms with van der Waals surface area (Å²) in [5.41, 5.74) is 1.25. The largest absolute Gasteiger partial charge is 0.488 e. The van der Waals surface area contributed by atoms with E-state index in [1.54, 1.807) is 6.20 Å². The number of fused-ring (bicyclic) bond motifs is 1. The zero-order valence-corrected chi connectivity index (χ0v) is 10.4. The number of nitrogens with zero attached hydrogens (tertiary/aromatic N) is 2. The Labute approximate surface area is 110 Å². The van der Waals surface area contributed by atoms with E-state index in [1.165, 1.54) is 11.8 Å². The Morgan fingerprint density at radius 2 is 2.22 bits per heavy atom. The Morgan fingerprint density at radius 1 is 1.33 bits per heavy atom. The number of halogens is 1. The van der Waals surface area contributed by atoms with Crippen LogP contribution >= 0.6 is 11.6 Å². The van der Waals surface area contributed by atoms with Gasteiger partial charge in [-0.1, -0.05) is 29.8 Å². The lowest BCUT2D eigenvalue weighted by molar-refractivity contribution is 0.246. The molecule has 1 aromatic heterocycles. The molecule has 92 valence electrons. The van der Waals surface area contributed by atoms with Crippen LogP contribution in [0.3, 0.4) is 0 Å². The van der Waals surface area contributed by atoms with E-state index in [4.69, 9.17) is 16.3 Å². The third kappa shape index (κ3) is 2.38. The zero-order valence-electron chi connectivity index (χ0n) is 9.64. The summed E-state index contributed by atoms with van der Waals surface area (Å²) in [6.45, 7) is 0.684. The minimum absolute atomic E-state index is 0.128. The Hall–Kier alpha value is -1.81. The molecule has 1 aromatic carbocycles. The molecule has 4 nitrogen and oxygen atoms in total. The maximum atomic E-state index is 5.82. The standard InChI is InChI=1S/C13H12ClN3O/c14-12-7-15-8-13(17-12)16-6-10-5-9-3-1-2-4-11(9)18-10/h1-4,7-8,10H,5-6H2,(H,16,17). The Balaban J connectivity index is 1.60. The average molecular weight is 262 g/mol. The van der Waals surface area contributed by atoms with Gasteiger partial charge >= 0.3 is 0 Å². The van der Waals surface area contributed by atoms with Crippen LogP contribution in [0, 0.1) is 0 Å². The quantitative estimate of drug-likeness (QED) is 0.922. The van der Waals surface area contributed by atoms with Crippen molar-refractivity contribution in [3.63, 3.8) is 0 Å². The molecule has 5 heteroatoms. The number of anilines is 1. The van der Waals surface area contributed by atoms with E-state index in [1.807, 2.05) is 18.2 Å². The number of aromatic nitrogens is 2. The highest BCUT2D eigenvalue weighted by Gasteiger charge is 2.21. The van der Waals surface area contributed by atoms with Crippen molar-refractivity contribution in [3.8, 4) is 5.75 Å². The first-order chi connectivity index (χ1) is 8.81. The molecule has 3 rings (SSSR count). The second kappa shape index (κ2) is 4.82. The lowest BCUT2D eigenvalue weighted by Crippen LogP contribution is -2.24. The summed E-state index contributed by atoms with van der Waals surface area (Å²) in [5, 5.41) is 3.56. The van der Waals surface area contributed by atoms with Gasteiger partial charge < -0.3 is 10.1 Å². The topological polar surface area (TPSA) is 47.0 Å². The summed E-state index contributed by atoms with van der Waals surface area (Å²) in [6, 6.07) is 8.10. The van der Waals surface area contributed by atoms with Crippen molar-refractivity contribution in [2.45, 2.75) is 12.5 Å². The van der Waals surface area contributed by atoms with E-state index < -0.39 is 0 Å². The predicted molar refractivity (Wildman–Crippen MR) is 70.1 cm³/mol. The Morgan fingerprint density at radius 3 is 3.06 bits per heavy atom. The molecule has 1 unspecified atom stereocenters. The van der Waals surface area contributed by atoms with Crippen molar-refractivity contribution in [1.29, 1.82) is 0 Å². The molecule has 2 aromatic rings. The molecule has 0 bridgehead atoms. The van der Waals surface area contributed by atoms with Crippen molar-refractivity contribution >= 4 is 17.4 Å². The van der Waals surface area contributed by atoms with Gasteiger partial charge in [0.05, 0.1) is 18.9 Å². The summed E-state index contributed by atoms with van der Waals surface area (Å²) in [7, 11) is 0. The van der Waals surface area contributed by atoms with Crippen molar-refractivity contribution in [2.75, 3.05) is 11.9 Å². The highest BCUT2D eigenvalue weighted by Crippen LogP contribution is 2.28. The number of ether oxygens (including phenoxy) is 1. The first-order valence-corrected chi connectivity index (χ1v) is 6.15. The maximum Gasteiger partial charge on any atom is 0.149 e. The molecule has 0 fully saturated rings. The van der Waals surface area contributed by atoms with Gasteiger partial charge in [-0.05, 0) is 11.6 Å². The average Bonchev–Trinajstić information content (AvgIpc) is 2.79. The van der Waals surface area contributed by atoms with Gasteiger partial charge in [0, 0.05) is 6.42 Å². The first kappa shape index (κ1) is 11.3. The van der Waals surface area contributed by atoms with E-state index in [0.29, 0.717) is 17.5 Å². The van der Waals surface area contributed by atoms with Crippen LogP contribution < -0.4 is 10.1 Å². The Bertz CT molecular complexity index is 536. The molecule has 0 radical (unpaired) electrons. The van der Waals surface area contributed by atoms with Crippen LogP contribution in [0.1, 0.15) is 5.56 Å². The van der Waals surface area contributed by atoms with Crippen LogP contribution in [-0.2, 0) is 6.42 Å². The van der Waals surface area contributed by atoms with Crippen LogP contribution in [-0.4, -0.2) is 22.6 Å². The summed E-state index contributed by atoms with van der Waals surface area (Å²) in [5.74, 6) is 1.64. The van der Waals surface area contributed by atoms with Crippen molar-refractivity contribution in [3.05, 3.63) is 47.4 Å². The summed E-state index contributed by atoms with van der Waals surface area (Å²) >= 11 is 5.77. The third-order valence-electron chi connectivity index (χ3n) is 2.83. The smallest absolute Gasteiger partial charge is 0.149 e. The molecule has 1 aliphatic rings. The van der Waals surface area contributed by atoms with Gasteiger partial charge in [-0.25, -0.2) is 4.98 Å². The van der Waals surface area contributed by atoms with Gasteiger partial charge in [-0.15, -0.1) is 0 Å². The molecule has 0 aliphatic carbocycles. The highest BCUT2D eigenvalue weighted by molar-refractivity contribution is 6.29. The molecular weight excluding hydrogens is 250 g/mol. The minimum atomic E-state index is 0.128. The number of benzene rings is 1. The molecule has 2 heterocycles. The maximum absolute atomic E-state index is 5.82.